The zero-order chi connectivity index (χ0) is 24.1. The Balaban J connectivity index is 1.31. The molecule has 9 heteroatoms. The van der Waals surface area contributed by atoms with Crippen LogP contribution in [-0.2, 0) is 17.9 Å². The van der Waals surface area contributed by atoms with E-state index in [1.807, 2.05) is 24.8 Å². The lowest BCUT2D eigenvalue weighted by atomic mass is 9.95. The molecule has 3 heterocycles. The lowest BCUT2D eigenvalue weighted by molar-refractivity contribution is 0.0709. The molecule has 2 aromatic heterocycles. The third kappa shape index (κ3) is 5.47. The summed E-state index contributed by atoms with van der Waals surface area (Å²) in [5, 5.41) is 4.12. The number of likely N-dealkylation sites (tertiary alicyclic amines) is 1. The monoisotopic (exact) mass is 470 g/mol. The number of piperidine rings is 1. The van der Waals surface area contributed by atoms with E-state index in [-0.39, 0.29) is 24.2 Å². The van der Waals surface area contributed by atoms with Crippen molar-refractivity contribution in [3.63, 3.8) is 0 Å². The molecule has 4 rings (SSSR count). The van der Waals surface area contributed by atoms with Gasteiger partial charge in [0.25, 0.3) is 11.8 Å². The van der Waals surface area contributed by atoms with Crippen molar-refractivity contribution >= 4 is 5.91 Å². The van der Waals surface area contributed by atoms with Gasteiger partial charge in [0.2, 0.25) is 0 Å². The van der Waals surface area contributed by atoms with Gasteiger partial charge in [0, 0.05) is 50.7 Å². The average molecular weight is 471 g/mol. The highest BCUT2D eigenvalue weighted by atomic mass is 19.1. The molecule has 0 spiro atoms. The molecule has 1 aliphatic heterocycles. The number of aromatic nitrogens is 3. The van der Waals surface area contributed by atoms with E-state index in [0.29, 0.717) is 37.2 Å². The molecule has 0 unspecified atom stereocenters. The predicted molar refractivity (Wildman–Crippen MR) is 123 cm³/mol. The highest BCUT2D eigenvalue weighted by Gasteiger charge is 2.29. The Kier molecular flexibility index (Phi) is 7.62. The summed E-state index contributed by atoms with van der Waals surface area (Å²) >= 11 is 0. The number of carbonyl (C=O) groups is 1. The first kappa shape index (κ1) is 23.9. The van der Waals surface area contributed by atoms with Crippen LogP contribution in [0.25, 0.3) is 0 Å². The van der Waals surface area contributed by atoms with Crippen molar-refractivity contribution in [3.8, 4) is 5.75 Å². The van der Waals surface area contributed by atoms with E-state index >= 15 is 0 Å². The van der Waals surface area contributed by atoms with E-state index < -0.39 is 0 Å². The number of rotatable bonds is 9. The van der Waals surface area contributed by atoms with Gasteiger partial charge < -0.3 is 23.5 Å². The summed E-state index contributed by atoms with van der Waals surface area (Å²) in [6.45, 7) is 7.00. The summed E-state index contributed by atoms with van der Waals surface area (Å²) in [4.78, 5) is 19.6. The minimum Gasteiger partial charge on any atom is -0.484 e. The molecule has 1 fully saturated rings. The minimum atomic E-state index is -0.317. The fraction of sp³-hybridized carbons (Fsp3) is 0.480. The number of hydrogen-bond acceptors (Lipinski definition) is 6. The third-order valence-electron chi connectivity index (χ3n) is 6.34. The number of carbonyl (C=O) groups excluding carboxylic acids is 1. The molecule has 1 aliphatic rings. The third-order valence-corrected chi connectivity index (χ3v) is 6.34. The molecule has 1 amide bonds. The zero-order valence-corrected chi connectivity index (χ0v) is 19.9. The first-order valence-corrected chi connectivity index (χ1v) is 11.6. The quantitative estimate of drug-likeness (QED) is 0.435. The molecule has 0 saturated carbocycles. The van der Waals surface area contributed by atoms with Crippen LogP contribution in [0.1, 0.15) is 58.6 Å². The van der Waals surface area contributed by atoms with Crippen LogP contribution in [0, 0.1) is 19.7 Å². The van der Waals surface area contributed by atoms with E-state index in [1.165, 1.54) is 12.1 Å². The summed E-state index contributed by atoms with van der Waals surface area (Å²) in [5.74, 6) is 1.44. The van der Waals surface area contributed by atoms with Crippen LogP contribution in [0.5, 0.6) is 5.75 Å². The molecule has 1 saturated heterocycles. The van der Waals surface area contributed by atoms with E-state index in [9.17, 15) is 9.18 Å². The Labute approximate surface area is 198 Å². The Morgan fingerprint density at radius 1 is 1.21 bits per heavy atom. The molecule has 0 N–H and O–H groups in total. The van der Waals surface area contributed by atoms with Gasteiger partial charge in [0.1, 0.15) is 11.6 Å². The number of hydrogen-bond donors (Lipinski definition) is 0. The number of amides is 1. The molecular formula is C25H31FN4O4. The van der Waals surface area contributed by atoms with Crippen molar-refractivity contribution < 1.29 is 23.2 Å². The Bertz CT molecular complexity index is 1100. The maximum Gasteiger partial charge on any atom is 0.264 e. The maximum absolute atomic E-state index is 13.2. The van der Waals surface area contributed by atoms with E-state index in [2.05, 4.69) is 14.7 Å². The van der Waals surface area contributed by atoms with Gasteiger partial charge >= 0.3 is 0 Å². The fourth-order valence-corrected chi connectivity index (χ4v) is 4.41. The molecule has 34 heavy (non-hydrogen) atoms. The van der Waals surface area contributed by atoms with Crippen LogP contribution < -0.4 is 4.74 Å². The molecule has 1 aromatic carbocycles. The van der Waals surface area contributed by atoms with E-state index in [0.717, 1.165) is 42.8 Å². The highest BCUT2D eigenvalue weighted by molar-refractivity contribution is 5.95. The number of nitrogens with zero attached hydrogens (tertiary/aromatic N) is 4. The largest absolute Gasteiger partial charge is 0.484 e. The molecular weight excluding hydrogens is 439 g/mol. The van der Waals surface area contributed by atoms with Crippen LogP contribution in [0.15, 0.2) is 34.9 Å². The van der Waals surface area contributed by atoms with Gasteiger partial charge in [0.05, 0.1) is 5.56 Å². The predicted octanol–water partition coefficient (Wildman–Crippen LogP) is 4.26. The molecule has 8 nitrogen and oxygen atoms in total. The molecule has 0 radical (unpaired) electrons. The van der Waals surface area contributed by atoms with Crippen molar-refractivity contribution in [1.29, 1.82) is 0 Å². The molecule has 0 aliphatic carbocycles. The Morgan fingerprint density at radius 2 is 1.94 bits per heavy atom. The molecule has 3 aromatic rings. The van der Waals surface area contributed by atoms with Crippen LogP contribution in [0.3, 0.4) is 0 Å². The Hall–Kier alpha value is -3.20. The number of methoxy groups -OCH3 is 1. The van der Waals surface area contributed by atoms with Gasteiger partial charge in [-0.1, -0.05) is 5.16 Å². The lowest BCUT2D eigenvalue weighted by Gasteiger charge is -2.30. The lowest BCUT2D eigenvalue weighted by Crippen LogP contribution is -2.38. The fourth-order valence-electron chi connectivity index (χ4n) is 4.41. The second-order valence-electron chi connectivity index (χ2n) is 8.64. The number of ether oxygens (including phenoxy) is 2. The second-order valence-corrected chi connectivity index (χ2v) is 8.64. The van der Waals surface area contributed by atoms with Crippen LogP contribution in [0.2, 0.25) is 0 Å². The van der Waals surface area contributed by atoms with E-state index in [1.54, 1.807) is 19.2 Å². The standard InChI is InChI=1S/C25H31FN4O4/c1-17-15-22(18(2)30(17)11-4-14-32-3)25(31)29-12-9-19(10-13-29)24-27-23(34-28-24)16-33-21-7-5-20(26)6-8-21/h5-8,15,19H,4,9-14,16H2,1-3H3. The number of benzene rings is 1. The van der Waals surface area contributed by atoms with Crippen molar-refractivity contribution in [2.45, 2.75) is 52.2 Å². The van der Waals surface area contributed by atoms with Crippen molar-refractivity contribution in [3.05, 3.63) is 64.8 Å². The average Bonchev–Trinajstić information content (AvgIpc) is 3.43. The summed E-state index contributed by atoms with van der Waals surface area (Å²) in [7, 11) is 1.70. The SMILES string of the molecule is COCCCn1c(C)cc(C(=O)N2CCC(c3noc(COc4ccc(F)cc4)n3)CC2)c1C. The minimum absolute atomic E-state index is 0.0750. The number of halogens is 1. The van der Waals surface area contributed by atoms with Crippen molar-refractivity contribution in [2.24, 2.45) is 0 Å². The van der Waals surface area contributed by atoms with Gasteiger partial charge in [-0.3, -0.25) is 4.79 Å². The van der Waals surface area contributed by atoms with Gasteiger partial charge in [0.15, 0.2) is 12.4 Å². The van der Waals surface area contributed by atoms with Crippen molar-refractivity contribution in [1.82, 2.24) is 19.6 Å². The Morgan fingerprint density at radius 3 is 2.65 bits per heavy atom. The number of aryl methyl sites for hydroxylation is 1. The first-order chi connectivity index (χ1) is 16.5. The summed E-state index contributed by atoms with van der Waals surface area (Å²) in [6, 6.07) is 7.77. The first-order valence-electron chi connectivity index (χ1n) is 11.6. The van der Waals surface area contributed by atoms with Crippen LogP contribution in [0.4, 0.5) is 4.39 Å². The second kappa shape index (κ2) is 10.8. The summed E-state index contributed by atoms with van der Waals surface area (Å²) < 4.78 is 31.2. The van der Waals surface area contributed by atoms with E-state index in [4.69, 9.17) is 14.0 Å². The smallest absolute Gasteiger partial charge is 0.264 e. The maximum atomic E-state index is 13.2. The topological polar surface area (TPSA) is 82.6 Å². The van der Waals surface area contributed by atoms with Crippen molar-refractivity contribution in [2.75, 3.05) is 26.8 Å². The van der Waals surface area contributed by atoms with Gasteiger partial charge in [-0.15, -0.1) is 0 Å². The normalized spacial score (nSPS) is 14.5. The van der Waals surface area contributed by atoms with Gasteiger partial charge in [-0.05, 0) is 63.4 Å². The molecule has 0 atom stereocenters. The van der Waals surface area contributed by atoms with Gasteiger partial charge in [-0.25, -0.2) is 4.39 Å². The van der Waals surface area contributed by atoms with Crippen LogP contribution in [-0.4, -0.2) is 52.3 Å². The van der Waals surface area contributed by atoms with Crippen LogP contribution >= 0.6 is 0 Å². The highest BCUT2D eigenvalue weighted by Crippen LogP contribution is 2.28. The molecule has 182 valence electrons. The molecule has 0 bridgehead atoms. The summed E-state index contributed by atoms with van der Waals surface area (Å²) in [6.07, 6.45) is 2.46. The van der Waals surface area contributed by atoms with Gasteiger partial charge in [-0.2, -0.15) is 4.98 Å². The summed E-state index contributed by atoms with van der Waals surface area (Å²) in [5.41, 5.74) is 2.87. The zero-order valence-electron chi connectivity index (χ0n) is 19.9.